The van der Waals surface area contributed by atoms with E-state index in [-0.39, 0.29) is 5.97 Å². The molecule has 54 valence electrons. The molecule has 0 aromatic rings. The van der Waals surface area contributed by atoms with Gasteiger partial charge in [-0.1, -0.05) is 0 Å². The Kier molecular flexibility index (Phi) is 2.39. The molecule has 0 aliphatic carbocycles. The number of ether oxygens (including phenoxy) is 1. The Morgan fingerprint density at radius 2 is 2.60 bits per heavy atom. The standard InChI is InChI=1S/C6H7NO2S/c1-9-6(8)5-2-3-7-10-4-5/h2-4,7H,1H3. The summed E-state index contributed by atoms with van der Waals surface area (Å²) in [4.78, 5) is 10.8. The number of carbonyl (C=O) groups is 1. The quantitative estimate of drug-likeness (QED) is 0.451. The molecule has 0 aromatic carbocycles. The van der Waals surface area contributed by atoms with Crippen LogP contribution in [0.15, 0.2) is 23.3 Å². The second kappa shape index (κ2) is 3.31. The molecular formula is C6H7NO2S. The Balaban J connectivity index is 2.63. The molecule has 0 radical (unpaired) electrons. The highest BCUT2D eigenvalue weighted by atomic mass is 32.2. The third-order valence-corrected chi connectivity index (χ3v) is 1.65. The minimum absolute atomic E-state index is 0.301. The van der Waals surface area contributed by atoms with Gasteiger partial charge in [0.1, 0.15) is 0 Å². The first-order chi connectivity index (χ1) is 4.84. The van der Waals surface area contributed by atoms with E-state index in [0.29, 0.717) is 5.57 Å². The van der Waals surface area contributed by atoms with Crippen molar-refractivity contribution in [3.8, 4) is 0 Å². The molecule has 1 N–H and O–H groups in total. The number of methoxy groups -OCH3 is 1. The van der Waals surface area contributed by atoms with Crippen LogP contribution in [0, 0.1) is 0 Å². The molecule has 0 fully saturated rings. The first kappa shape index (κ1) is 7.21. The maximum atomic E-state index is 10.8. The van der Waals surface area contributed by atoms with Crippen LogP contribution in [-0.4, -0.2) is 13.1 Å². The third-order valence-electron chi connectivity index (χ3n) is 1.01. The van der Waals surface area contributed by atoms with Crippen LogP contribution in [0.4, 0.5) is 0 Å². The van der Waals surface area contributed by atoms with E-state index in [4.69, 9.17) is 0 Å². The molecule has 4 heteroatoms. The Hall–Kier alpha value is -0.900. The predicted octanol–water partition coefficient (Wildman–Crippen LogP) is 0.808. The van der Waals surface area contributed by atoms with Crippen molar-refractivity contribution in [2.75, 3.05) is 7.11 Å². The van der Waals surface area contributed by atoms with Gasteiger partial charge in [0.25, 0.3) is 0 Å². The molecule has 0 unspecified atom stereocenters. The van der Waals surface area contributed by atoms with Crippen LogP contribution >= 0.6 is 11.9 Å². The molecule has 10 heavy (non-hydrogen) atoms. The monoisotopic (exact) mass is 157 g/mol. The first-order valence-corrected chi connectivity index (χ1v) is 3.59. The van der Waals surface area contributed by atoms with Crippen LogP contribution in [0.2, 0.25) is 0 Å². The number of hydrogen-bond acceptors (Lipinski definition) is 4. The topological polar surface area (TPSA) is 38.3 Å². The summed E-state index contributed by atoms with van der Waals surface area (Å²) in [6.45, 7) is 0. The van der Waals surface area contributed by atoms with E-state index in [1.165, 1.54) is 19.1 Å². The highest BCUT2D eigenvalue weighted by Gasteiger charge is 2.06. The molecule has 0 atom stereocenters. The smallest absolute Gasteiger partial charge is 0.338 e. The van der Waals surface area contributed by atoms with Crippen LogP contribution in [-0.2, 0) is 9.53 Å². The van der Waals surface area contributed by atoms with Crippen LogP contribution in [0.3, 0.4) is 0 Å². The largest absolute Gasteiger partial charge is 0.465 e. The molecule has 0 spiro atoms. The summed E-state index contributed by atoms with van der Waals surface area (Å²) in [5, 5.41) is 1.70. The van der Waals surface area contributed by atoms with Gasteiger partial charge < -0.3 is 9.46 Å². The fourth-order valence-electron chi connectivity index (χ4n) is 0.534. The van der Waals surface area contributed by atoms with Crippen LogP contribution < -0.4 is 4.72 Å². The molecule has 0 saturated carbocycles. The molecule has 0 bridgehead atoms. The summed E-state index contributed by atoms with van der Waals surface area (Å²) in [6.07, 6.45) is 3.36. The average molecular weight is 157 g/mol. The van der Waals surface area contributed by atoms with Crippen molar-refractivity contribution in [2.24, 2.45) is 0 Å². The van der Waals surface area contributed by atoms with Crippen molar-refractivity contribution in [2.45, 2.75) is 0 Å². The second-order valence-corrected chi connectivity index (χ2v) is 2.34. The fraction of sp³-hybridized carbons (Fsp3) is 0.167. The minimum atomic E-state index is -0.301. The molecule has 1 heterocycles. The molecule has 1 rings (SSSR count). The minimum Gasteiger partial charge on any atom is -0.465 e. The molecule has 1 aliphatic rings. The summed E-state index contributed by atoms with van der Waals surface area (Å²) in [7, 11) is 1.36. The lowest BCUT2D eigenvalue weighted by Gasteiger charge is -2.03. The van der Waals surface area contributed by atoms with Crippen LogP contribution in [0.25, 0.3) is 0 Å². The van der Waals surface area contributed by atoms with E-state index in [2.05, 4.69) is 9.46 Å². The number of rotatable bonds is 1. The van der Waals surface area contributed by atoms with Crippen molar-refractivity contribution in [3.63, 3.8) is 0 Å². The second-order valence-electron chi connectivity index (χ2n) is 1.63. The summed E-state index contributed by atoms with van der Waals surface area (Å²) >= 11 is 1.35. The summed E-state index contributed by atoms with van der Waals surface area (Å²) in [6, 6.07) is 0. The third kappa shape index (κ3) is 1.54. The Morgan fingerprint density at radius 3 is 3.10 bits per heavy atom. The van der Waals surface area contributed by atoms with E-state index in [1.807, 2.05) is 0 Å². The van der Waals surface area contributed by atoms with Gasteiger partial charge in [0, 0.05) is 11.6 Å². The molecule has 0 saturated heterocycles. The van der Waals surface area contributed by atoms with Gasteiger partial charge in [0.15, 0.2) is 0 Å². The van der Waals surface area contributed by atoms with E-state index in [1.54, 1.807) is 17.7 Å². The maximum absolute atomic E-state index is 10.8. The number of hydrogen-bond donors (Lipinski definition) is 1. The first-order valence-electron chi connectivity index (χ1n) is 2.71. The lowest BCUT2D eigenvalue weighted by molar-refractivity contribution is -0.135. The van der Waals surface area contributed by atoms with Crippen molar-refractivity contribution >= 4 is 17.9 Å². The van der Waals surface area contributed by atoms with Gasteiger partial charge in [-0.25, -0.2) is 4.79 Å². The van der Waals surface area contributed by atoms with Crippen molar-refractivity contribution in [1.29, 1.82) is 0 Å². The summed E-state index contributed by atoms with van der Waals surface area (Å²) in [5.74, 6) is -0.301. The molecule has 0 aromatic heterocycles. The van der Waals surface area contributed by atoms with Gasteiger partial charge in [0.05, 0.1) is 12.7 Å². The van der Waals surface area contributed by atoms with Gasteiger partial charge in [-0.2, -0.15) is 0 Å². The van der Waals surface area contributed by atoms with Crippen molar-refractivity contribution in [3.05, 3.63) is 23.3 Å². The van der Waals surface area contributed by atoms with E-state index in [9.17, 15) is 4.79 Å². The Morgan fingerprint density at radius 1 is 1.80 bits per heavy atom. The van der Waals surface area contributed by atoms with Gasteiger partial charge in [0.2, 0.25) is 0 Å². The summed E-state index contributed by atoms with van der Waals surface area (Å²) in [5.41, 5.74) is 0.575. The summed E-state index contributed by atoms with van der Waals surface area (Å²) < 4.78 is 7.34. The zero-order valence-electron chi connectivity index (χ0n) is 5.46. The highest BCUT2D eigenvalue weighted by molar-refractivity contribution is 8.00. The van der Waals surface area contributed by atoms with Crippen LogP contribution in [0.5, 0.6) is 0 Å². The molecule has 3 nitrogen and oxygen atoms in total. The van der Waals surface area contributed by atoms with Gasteiger partial charge in [-0.15, -0.1) is 0 Å². The SMILES string of the molecule is COC(=O)C1=CSNC=C1. The van der Waals surface area contributed by atoms with E-state index in [0.717, 1.165) is 0 Å². The van der Waals surface area contributed by atoms with Gasteiger partial charge in [-0.3, -0.25) is 0 Å². The number of esters is 1. The van der Waals surface area contributed by atoms with Gasteiger partial charge in [-0.05, 0) is 18.0 Å². The molecular weight excluding hydrogens is 150 g/mol. The molecule has 1 aliphatic heterocycles. The zero-order valence-corrected chi connectivity index (χ0v) is 6.27. The normalized spacial score (nSPS) is 15.5. The van der Waals surface area contributed by atoms with Gasteiger partial charge >= 0.3 is 5.97 Å². The predicted molar refractivity (Wildman–Crippen MR) is 40.0 cm³/mol. The zero-order chi connectivity index (χ0) is 7.40. The Bertz CT molecular complexity index is 198. The van der Waals surface area contributed by atoms with E-state index >= 15 is 0 Å². The molecule has 0 amide bonds. The average Bonchev–Trinajstić information content (AvgIpc) is 2.05. The highest BCUT2D eigenvalue weighted by Crippen LogP contribution is 2.10. The maximum Gasteiger partial charge on any atom is 0.338 e. The van der Waals surface area contributed by atoms with Crippen LogP contribution in [0.1, 0.15) is 0 Å². The van der Waals surface area contributed by atoms with Crippen molar-refractivity contribution in [1.82, 2.24) is 4.72 Å². The van der Waals surface area contributed by atoms with E-state index < -0.39 is 0 Å². The lowest BCUT2D eigenvalue weighted by atomic mass is 10.3. The van der Waals surface area contributed by atoms with Crippen molar-refractivity contribution < 1.29 is 9.53 Å². The lowest BCUT2D eigenvalue weighted by Crippen LogP contribution is -2.06. The Labute approximate surface area is 63.3 Å². The number of carbonyl (C=O) groups excluding carboxylic acids is 1. The fourth-order valence-corrected chi connectivity index (χ4v) is 1.05. The number of nitrogens with one attached hydrogen (secondary N) is 1.